The van der Waals surface area contributed by atoms with Crippen LogP contribution in [-0.4, -0.2) is 60.5 Å². The van der Waals surface area contributed by atoms with Gasteiger partial charge in [-0.2, -0.15) is 0 Å². The molecule has 2 amide bonds. The molecule has 2 heterocycles. The molecule has 0 N–H and O–H groups in total. The van der Waals surface area contributed by atoms with Crippen molar-refractivity contribution in [1.29, 1.82) is 0 Å². The Labute approximate surface area is 108 Å². The maximum atomic E-state index is 12.4. The molecule has 0 saturated carbocycles. The monoisotopic (exact) mass is 254 g/mol. The van der Waals surface area contributed by atoms with E-state index in [-0.39, 0.29) is 17.9 Å². The highest BCUT2D eigenvalue weighted by Gasteiger charge is 2.37. The lowest BCUT2D eigenvalue weighted by Gasteiger charge is -2.34. The number of ether oxygens (including phenoxy) is 1. The van der Waals surface area contributed by atoms with Crippen molar-refractivity contribution < 1.29 is 14.3 Å². The molecule has 5 heteroatoms. The normalized spacial score (nSPS) is 25.1. The second kappa shape index (κ2) is 6.18. The smallest absolute Gasteiger partial charge is 0.245 e. The lowest BCUT2D eigenvalue weighted by molar-refractivity contribution is -0.143. The van der Waals surface area contributed by atoms with Crippen LogP contribution in [0.4, 0.5) is 0 Å². The number of nitrogens with zero attached hydrogens (tertiary/aromatic N) is 2. The average molecular weight is 254 g/mol. The van der Waals surface area contributed by atoms with Gasteiger partial charge in [0.2, 0.25) is 11.8 Å². The van der Waals surface area contributed by atoms with Crippen molar-refractivity contribution in [3.05, 3.63) is 0 Å². The van der Waals surface area contributed by atoms with Crippen molar-refractivity contribution in [1.82, 2.24) is 9.80 Å². The maximum absolute atomic E-state index is 12.4. The van der Waals surface area contributed by atoms with Gasteiger partial charge in [0.15, 0.2) is 0 Å². The second-order valence-electron chi connectivity index (χ2n) is 4.87. The van der Waals surface area contributed by atoms with Crippen molar-refractivity contribution in [2.45, 2.75) is 38.6 Å². The lowest BCUT2D eigenvalue weighted by atomic mass is 10.0. The van der Waals surface area contributed by atoms with E-state index in [0.29, 0.717) is 32.7 Å². The van der Waals surface area contributed by atoms with E-state index in [1.54, 1.807) is 9.80 Å². The highest BCUT2D eigenvalue weighted by Crippen LogP contribution is 2.22. The van der Waals surface area contributed by atoms with Crippen LogP contribution in [0.1, 0.15) is 32.6 Å². The van der Waals surface area contributed by atoms with Crippen LogP contribution in [0.25, 0.3) is 0 Å². The van der Waals surface area contributed by atoms with E-state index in [1.165, 1.54) is 0 Å². The molecule has 1 atom stereocenters. The van der Waals surface area contributed by atoms with Gasteiger partial charge in [0.1, 0.15) is 6.04 Å². The zero-order valence-corrected chi connectivity index (χ0v) is 11.1. The highest BCUT2D eigenvalue weighted by atomic mass is 16.5. The minimum atomic E-state index is -0.213. The first-order valence-corrected chi connectivity index (χ1v) is 6.90. The molecule has 0 aliphatic carbocycles. The van der Waals surface area contributed by atoms with Crippen LogP contribution >= 0.6 is 0 Å². The Morgan fingerprint density at radius 1 is 1.28 bits per heavy atom. The summed E-state index contributed by atoms with van der Waals surface area (Å²) in [5.74, 6) is 0.243. The molecular weight excluding hydrogens is 232 g/mol. The molecule has 0 aromatic rings. The van der Waals surface area contributed by atoms with Gasteiger partial charge in [0.25, 0.3) is 0 Å². The summed E-state index contributed by atoms with van der Waals surface area (Å²) in [6.07, 6.45) is 3.33. The molecule has 18 heavy (non-hydrogen) atoms. The number of hydrogen-bond acceptors (Lipinski definition) is 3. The summed E-state index contributed by atoms with van der Waals surface area (Å²) in [6, 6.07) is -0.213. The number of amides is 2. The Morgan fingerprint density at radius 2 is 2.11 bits per heavy atom. The van der Waals surface area contributed by atoms with Crippen LogP contribution in [0, 0.1) is 0 Å². The topological polar surface area (TPSA) is 49.9 Å². The summed E-state index contributed by atoms with van der Waals surface area (Å²) < 4.78 is 5.30. The van der Waals surface area contributed by atoms with Crippen LogP contribution in [-0.2, 0) is 14.3 Å². The van der Waals surface area contributed by atoms with Crippen molar-refractivity contribution >= 4 is 11.8 Å². The molecule has 2 fully saturated rings. The fraction of sp³-hybridized carbons (Fsp3) is 0.846. The Balaban J connectivity index is 2.01. The largest absolute Gasteiger partial charge is 0.380 e. The predicted octanol–water partition coefficient (Wildman–Crippen LogP) is 0.636. The molecule has 2 aliphatic rings. The van der Waals surface area contributed by atoms with Crippen LogP contribution in [0.5, 0.6) is 0 Å². The van der Waals surface area contributed by atoms with Gasteiger partial charge in [0, 0.05) is 32.7 Å². The first kappa shape index (κ1) is 13.3. The summed E-state index contributed by atoms with van der Waals surface area (Å²) in [7, 11) is 0. The standard InChI is InChI=1S/C13H22N2O3/c1-2-18-10-9-14-8-6-12(16)15-7-4-3-5-11(15)13(14)17/h11H,2-10H2,1H3. The van der Waals surface area contributed by atoms with Crippen molar-refractivity contribution in [2.24, 2.45) is 0 Å². The van der Waals surface area contributed by atoms with Crippen LogP contribution in [0.2, 0.25) is 0 Å². The molecule has 0 spiro atoms. The molecule has 2 rings (SSSR count). The molecule has 0 radical (unpaired) electrons. The zero-order valence-electron chi connectivity index (χ0n) is 11.1. The van der Waals surface area contributed by atoms with Crippen LogP contribution in [0.3, 0.4) is 0 Å². The van der Waals surface area contributed by atoms with E-state index in [0.717, 1.165) is 25.8 Å². The van der Waals surface area contributed by atoms with E-state index >= 15 is 0 Å². The number of carbonyl (C=O) groups is 2. The summed E-state index contributed by atoms with van der Waals surface area (Å²) in [4.78, 5) is 28.0. The third-order valence-corrected chi connectivity index (χ3v) is 3.73. The van der Waals surface area contributed by atoms with Crippen molar-refractivity contribution in [2.75, 3.05) is 32.8 Å². The Bertz CT molecular complexity index is 319. The Hall–Kier alpha value is -1.10. The number of rotatable bonds is 4. The quantitative estimate of drug-likeness (QED) is 0.692. The van der Waals surface area contributed by atoms with Gasteiger partial charge in [0.05, 0.1) is 6.61 Å². The van der Waals surface area contributed by atoms with Gasteiger partial charge in [-0.15, -0.1) is 0 Å². The third-order valence-electron chi connectivity index (χ3n) is 3.73. The van der Waals surface area contributed by atoms with E-state index in [2.05, 4.69) is 0 Å². The van der Waals surface area contributed by atoms with E-state index in [1.807, 2.05) is 6.92 Å². The van der Waals surface area contributed by atoms with Gasteiger partial charge >= 0.3 is 0 Å². The number of piperidine rings is 1. The van der Waals surface area contributed by atoms with Gasteiger partial charge in [-0.1, -0.05) is 0 Å². The molecule has 2 aliphatic heterocycles. The SMILES string of the molecule is CCOCCN1CCC(=O)N2CCCCC2C1=O. The molecule has 0 aromatic heterocycles. The van der Waals surface area contributed by atoms with Gasteiger partial charge in [-0.05, 0) is 26.2 Å². The van der Waals surface area contributed by atoms with E-state index in [9.17, 15) is 9.59 Å². The summed E-state index contributed by atoms with van der Waals surface area (Å²) in [5, 5.41) is 0. The van der Waals surface area contributed by atoms with Crippen molar-refractivity contribution in [3.8, 4) is 0 Å². The average Bonchev–Trinajstić information content (AvgIpc) is 2.52. The van der Waals surface area contributed by atoms with Gasteiger partial charge in [-0.3, -0.25) is 9.59 Å². The third kappa shape index (κ3) is 2.83. The fourth-order valence-electron chi connectivity index (χ4n) is 2.72. The fourth-order valence-corrected chi connectivity index (χ4v) is 2.72. The zero-order chi connectivity index (χ0) is 13.0. The summed E-state index contributed by atoms with van der Waals surface area (Å²) in [5.41, 5.74) is 0. The van der Waals surface area contributed by atoms with Crippen molar-refractivity contribution in [3.63, 3.8) is 0 Å². The number of hydrogen-bond donors (Lipinski definition) is 0. The van der Waals surface area contributed by atoms with E-state index < -0.39 is 0 Å². The first-order chi connectivity index (χ1) is 8.74. The molecular formula is C13H22N2O3. The summed E-state index contributed by atoms with van der Waals surface area (Å²) >= 11 is 0. The molecule has 0 aromatic carbocycles. The molecule has 5 nitrogen and oxygen atoms in total. The Kier molecular flexibility index (Phi) is 4.58. The van der Waals surface area contributed by atoms with Gasteiger partial charge < -0.3 is 14.5 Å². The second-order valence-corrected chi connectivity index (χ2v) is 4.87. The van der Waals surface area contributed by atoms with E-state index in [4.69, 9.17) is 4.74 Å². The number of carbonyl (C=O) groups excluding carboxylic acids is 2. The predicted molar refractivity (Wildman–Crippen MR) is 67.0 cm³/mol. The van der Waals surface area contributed by atoms with Crippen LogP contribution < -0.4 is 0 Å². The maximum Gasteiger partial charge on any atom is 0.245 e. The minimum Gasteiger partial charge on any atom is -0.380 e. The number of fused-ring (bicyclic) bond motifs is 1. The molecule has 102 valence electrons. The lowest BCUT2D eigenvalue weighted by Crippen LogP contribution is -2.50. The molecule has 2 saturated heterocycles. The Morgan fingerprint density at radius 3 is 2.89 bits per heavy atom. The highest BCUT2D eigenvalue weighted by molar-refractivity contribution is 5.90. The first-order valence-electron chi connectivity index (χ1n) is 6.90. The van der Waals surface area contributed by atoms with Crippen LogP contribution in [0.15, 0.2) is 0 Å². The molecule has 0 bridgehead atoms. The minimum absolute atomic E-state index is 0.111. The summed E-state index contributed by atoms with van der Waals surface area (Å²) in [6.45, 7) is 5.05. The molecule has 1 unspecified atom stereocenters. The van der Waals surface area contributed by atoms with Gasteiger partial charge in [-0.25, -0.2) is 0 Å².